The fraction of sp³-hybridized carbons (Fsp3) is 0.176. The minimum absolute atomic E-state index is 0.249. The summed E-state index contributed by atoms with van der Waals surface area (Å²) in [6, 6.07) is 13.5. The highest BCUT2D eigenvalue weighted by Gasteiger charge is 2.07. The zero-order valence-corrected chi connectivity index (χ0v) is 13.0. The van der Waals surface area contributed by atoms with E-state index in [2.05, 4.69) is 15.3 Å². The van der Waals surface area contributed by atoms with Gasteiger partial charge in [0.2, 0.25) is 5.95 Å². The van der Waals surface area contributed by atoms with Crippen molar-refractivity contribution in [2.75, 3.05) is 25.3 Å². The first-order valence-corrected chi connectivity index (χ1v) is 7.18. The van der Waals surface area contributed by atoms with E-state index >= 15 is 0 Å². The molecule has 0 spiro atoms. The first-order chi connectivity index (χ1) is 11.2. The van der Waals surface area contributed by atoms with E-state index in [0.717, 1.165) is 16.5 Å². The molecule has 2 aromatic carbocycles. The van der Waals surface area contributed by atoms with Crippen LogP contribution in [0.1, 0.15) is 5.56 Å². The van der Waals surface area contributed by atoms with Crippen LogP contribution in [0.5, 0.6) is 11.5 Å². The van der Waals surface area contributed by atoms with Crippen molar-refractivity contribution in [3.8, 4) is 11.5 Å². The number of nitrogens with zero attached hydrogens (tertiary/aromatic N) is 2. The predicted octanol–water partition coefficient (Wildman–Crippen LogP) is 2.84. The Morgan fingerprint density at radius 2 is 1.78 bits per heavy atom. The molecular formula is C17H18N4O2. The van der Waals surface area contributed by atoms with Gasteiger partial charge in [-0.1, -0.05) is 18.2 Å². The van der Waals surface area contributed by atoms with Crippen LogP contribution >= 0.6 is 0 Å². The second kappa shape index (κ2) is 6.39. The standard InChI is InChI=1S/C17H18N4O2/c1-22-14-8-7-11(9-15(14)23-2)10-19-16-12-5-3-4-6-13(12)20-17(18)21-16/h3-9H,10H2,1-2H3,(H3,18,19,20,21). The quantitative estimate of drug-likeness (QED) is 0.754. The first kappa shape index (κ1) is 14.9. The number of benzene rings is 2. The van der Waals surface area contributed by atoms with Gasteiger partial charge in [-0.25, -0.2) is 4.98 Å². The Bertz CT molecular complexity index is 836. The summed E-state index contributed by atoms with van der Waals surface area (Å²) in [5.74, 6) is 2.35. The maximum absolute atomic E-state index is 5.78. The van der Waals surface area contributed by atoms with Crippen LogP contribution in [-0.2, 0) is 6.54 Å². The van der Waals surface area contributed by atoms with Crippen LogP contribution < -0.4 is 20.5 Å². The summed E-state index contributed by atoms with van der Waals surface area (Å²) in [6.45, 7) is 0.584. The average molecular weight is 310 g/mol. The summed E-state index contributed by atoms with van der Waals surface area (Å²) in [6.07, 6.45) is 0. The van der Waals surface area contributed by atoms with E-state index < -0.39 is 0 Å². The van der Waals surface area contributed by atoms with E-state index in [-0.39, 0.29) is 5.95 Å². The molecule has 118 valence electrons. The van der Waals surface area contributed by atoms with E-state index in [1.807, 2.05) is 42.5 Å². The number of nitrogens with one attached hydrogen (secondary N) is 1. The molecule has 3 rings (SSSR count). The van der Waals surface area contributed by atoms with E-state index in [1.165, 1.54) is 0 Å². The lowest BCUT2D eigenvalue weighted by atomic mass is 10.2. The van der Waals surface area contributed by atoms with Gasteiger partial charge in [-0.15, -0.1) is 0 Å². The highest BCUT2D eigenvalue weighted by molar-refractivity contribution is 5.89. The van der Waals surface area contributed by atoms with Crippen LogP contribution in [0.15, 0.2) is 42.5 Å². The minimum Gasteiger partial charge on any atom is -0.493 e. The van der Waals surface area contributed by atoms with Crippen molar-refractivity contribution in [1.82, 2.24) is 9.97 Å². The third kappa shape index (κ3) is 3.11. The average Bonchev–Trinajstić information content (AvgIpc) is 2.59. The van der Waals surface area contributed by atoms with Gasteiger partial charge < -0.3 is 20.5 Å². The van der Waals surface area contributed by atoms with Crippen molar-refractivity contribution in [3.05, 3.63) is 48.0 Å². The second-order valence-electron chi connectivity index (χ2n) is 4.99. The van der Waals surface area contributed by atoms with Crippen LogP contribution in [0.25, 0.3) is 10.9 Å². The number of nitrogens with two attached hydrogens (primary N) is 1. The van der Waals surface area contributed by atoms with Crippen molar-refractivity contribution in [2.24, 2.45) is 0 Å². The number of anilines is 2. The Morgan fingerprint density at radius 1 is 1.00 bits per heavy atom. The number of hydrogen-bond acceptors (Lipinski definition) is 6. The van der Waals surface area contributed by atoms with Crippen molar-refractivity contribution >= 4 is 22.7 Å². The Morgan fingerprint density at radius 3 is 2.57 bits per heavy atom. The number of para-hydroxylation sites is 1. The third-order valence-electron chi connectivity index (χ3n) is 3.53. The van der Waals surface area contributed by atoms with Gasteiger partial charge in [0.25, 0.3) is 0 Å². The fourth-order valence-corrected chi connectivity index (χ4v) is 2.41. The van der Waals surface area contributed by atoms with Crippen LogP contribution in [0, 0.1) is 0 Å². The normalized spacial score (nSPS) is 10.5. The highest BCUT2D eigenvalue weighted by Crippen LogP contribution is 2.28. The number of aromatic nitrogens is 2. The van der Waals surface area contributed by atoms with Crippen molar-refractivity contribution in [1.29, 1.82) is 0 Å². The zero-order chi connectivity index (χ0) is 16.2. The maximum atomic E-state index is 5.78. The van der Waals surface area contributed by atoms with Crippen LogP contribution in [-0.4, -0.2) is 24.2 Å². The van der Waals surface area contributed by atoms with Gasteiger partial charge in [-0.05, 0) is 29.8 Å². The largest absolute Gasteiger partial charge is 0.493 e. The molecule has 0 unspecified atom stereocenters. The summed E-state index contributed by atoms with van der Waals surface area (Å²) < 4.78 is 10.6. The molecule has 0 saturated carbocycles. The van der Waals surface area contributed by atoms with Crippen molar-refractivity contribution < 1.29 is 9.47 Å². The summed E-state index contributed by atoms with van der Waals surface area (Å²) in [4.78, 5) is 8.52. The molecule has 0 aliphatic rings. The number of fused-ring (bicyclic) bond motifs is 1. The Labute approximate surface area is 134 Å². The van der Waals surface area contributed by atoms with E-state index in [4.69, 9.17) is 15.2 Å². The molecule has 0 fully saturated rings. The number of hydrogen-bond donors (Lipinski definition) is 2. The monoisotopic (exact) mass is 310 g/mol. The fourth-order valence-electron chi connectivity index (χ4n) is 2.41. The lowest BCUT2D eigenvalue weighted by molar-refractivity contribution is 0.354. The third-order valence-corrected chi connectivity index (χ3v) is 3.53. The van der Waals surface area contributed by atoms with Gasteiger partial charge in [-0.3, -0.25) is 0 Å². The van der Waals surface area contributed by atoms with Crippen molar-refractivity contribution in [2.45, 2.75) is 6.54 Å². The van der Waals surface area contributed by atoms with Crippen molar-refractivity contribution in [3.63, 3.8) is 0 Å². The Balaban J connectivity index is 1.86. The van der Waals surface area contributed by atoms with Gasteiger partial charge in [0.15, 0.2) is 11.5 Å². The molecule has 0 saturated heterocycles. The van der Waals surface area contributed by atoms with Gasteiger partial charge in [-0.2, -0.15) is 4.98 Å². The van der Waals surface area contributed by atoms with Gasteiger partial charge >= 0.3 is 0 Å². The molecule has 3 aromatic rings. The smallest absolute Gasteiger partial charge is 0.222 e. The predicted molar refractivity (Wildman–Crippen MR) is 90.8 cm³/mol. The number of methoxy groups -OCH3 is 2. The van der Waals surface area contributed by atoms with Gasteiger partial charge in [0, 0.05) is 11.9 Å². The lowest BCUT2D eigenvalue weighted by Crippen LogP contribution is -2.05. The van der Waals surface area contributed by atoms with E-state index in [1.54, 1.807) is 14.2 Å². The molecule has 1 aromatic heterocycles. The van der Waals surface area contributed by atoms with Crippen LogP contribution in [0.3, 0.4) is 0 Å². The topological polar surface area (TPSA) is 82.3 Å². The zero-order valence-electron chi connectivity index (χ0n) is 13.0. The molecule has 0 amide bonds. The van der Waals surface area contributed by atoms with E-state index in [9.17, 15) is 0 Å². The summed E-state index contributed by atoms with van der Waals surface area (Å²) in [5.41, 5.74) is 7.64. The molecule has 0 bridgehead atoms. The summed E-state index contributed by atoms with van der Waals surface area (Å²) >= 11 is 0. The number of ether oxygens (including phenoxy) is 2. The Hall–Kier alpha value is -3.02. The molecule has 0 aliphatic carbocycles. The molecule has 6 heteroatoms. The van der Waals surface area contributed by atoms with Crippen LogP contribution in [0.2, 0.25) is 0 Å². The lowest BCUT2D eigenvalue weighted by Gasteiger charge is -2.12. The molecular weight excluding hydrogens is 292 g/mol. The van der Waals surface area contributed by atoms with Crippen LogP contribution in [0.4, 0.5) is 11.8 Å². The highest BCUT2D eigenvalue weighted by atomic mass is 16.5. The molecule has 0 radical (unpaired) electrons. The van der Waals surface area contributed by atoms with E-state index in [0.29, 0.717) is 23.9 Å². The first-order valence-electron chi connectivity index (χ1n) is 7.18. The second-order valence-corrected chi connectivity index (χ2v) is 4.99. The minimum atomic E-state index is 0.249. The van der Waals surface area contributed by atoms with Gasteiger partial charge in [0.05, 0.1) is 19.7 Å². The molecule has 0 atom stereocenters. The molecule has 0 aliphatic heterocycles. The Kier molecular flexibility index (Phi) is 4.14. The maximum Gasteiger partial charge on any atom is 0.222 e. The summed E-state index contributed by atoms with van der Waals surface area (Å²) in [5, 5.41) is 4.24. The number of nitrogen functional groups attached to an aromatic ring is 1. The SMILES string of the molecule is COc1ccc(CNc2nc(N)nc3ccccc23)cc1OC. The van der Waals surface area contributed by atoms with Gasteiger partial charge in [0.1, 0.15) is 5.82 Å². The molecule has 3 N–H and O–H groups in total. The summed E-state index contributed by atoms with van der Waals surface area (Å²) in [7, 11) is 3.24. The molecule has 1 heterocycles. The number of rotatable bonds is 5. The molecule has 6 nitrogen and oxygen atoms in total. The molecule has 23 heavy (non-hydrogen) atoms.